The van der Waals surface area contributed by atoms with Crippen LogP contribution in [0.5, 0.6) is 5.75 Å². The molecule has 0 fully saturated rings. The van der Waals surface area contributed by atoms with Crippen molar-refractivity contribution in [3.63, 3.8) is 0 Å². The van der Waals surface area contributed by atoms with Crippen LogP contribution >= 0.6 is 15.9 Å². The summed E-state index contributed by atoms with van der Waals surface area (Å²) in [6.45, 7) is 3.79. The first-order valence-electron chi connectivity index (χ1n) is 7.80. The monoisotopic (exact) mass is 439 g/mol. The molecule has 0 amide bonds. The lowest BCUT2D eigenvalue weighted by molar-refractivity contribution is 0.243. The molecule has 0 unspecified atom stereocenters. The molecule has 0 radical (unpaired) electrons. The van der Waals surface area contributed by atoms with Crippen molar-refractivity contribution in [2.45, 2.75) is 24.8 Å². The SMILES string of the molecule is CNS(=O)(=O)c1ccc(OC(C)C)c(Nc2ncnc3[nH]cc(Br)c23)c1. The third kappa shape index (κ3) is 3.67. The van der Waals surface area contributed by atoms with Gasteiger partial charge in [-0.3, -0.25) is 0 Å². The van der Waals surface area contributed by atoms with Gasteiger partial charge in [-0.05, 0) is 55.0 Å². The molecule has 1 aromatic carbocycles. The molecule has 0 aliphatic rings. The normalized spacial score (nSPS) is 11.9. The van der Waals surface area contributed by atoms with E-state index in [9.17, 15) is 8.42 Å². The van der Waals surface area contributed by atoms with E-state index < -0.39 is 10.0 Å². The van der Waals surface area contributed by atoms with Crippen molar-refractivity contribution in [2.75, 3.05) is 12.4 Å². The molecular weight excluding hydrogens is 422 g/mol. The van der Waals surface area contributed by atoms with Crippen LogP contribution in [0.15, 0.2) is 40.1 Å². The highest BCUT2D eigenvalue weighted by Crippen LogP contribution is 2.34. The Morgan fingerprint density at radius 3 is 2.73 bits per heavy atom. The van der Waals surface area contributed by atoms with Crippen LogP contribution in [0.3, 0.4) is 0 Å². The number of nitrogens with one attached hydrogen (secondary N) is 3. The lowest BCUT2D eigenvalue weighted by Crippen LogP contribution is -2.19. The largest absolute Gasteiger partial charge is 0.489 e. The van der Waals surface area contributed by atoms with E-state index in [1.54, 1.807) is 12.3 Å². The van der Waals surface area contributed by atoms with Gasteiger partial charge in [-0.15, -0.1) is 0 Å². The van der Waals surface area contributed by atoms with Gasteiger partial charge in [0, 0.05) is 10.7 Å². The fourth-order valence-corrected chi connectivity index (χ4v) is 3.64. The molecule has 0 aliphatic carbocycles. The summed E-state index contributed by atoms with van der Waals surface area (Å²) in [5.41, 5.74) is 1.14. The number of benzene rings is 1. The molecule has 0 spiro atoms. The van der Waals surface area contributed by atoms with Crippen LogP contribution in [0, 0.1) is 0 Å². The van der Waals surface area contributed by atoms with Crippen LogP contribution in [0.25, 0.3) is 11.0 Å². The number of fused-ring (bicyclic) bond motifs is 1. The number of nitrogens with zero attached hydrogens (tertiary/aromatic N) is 2. The fraction of sp³-hybridized carbons (Fsp3) is 0.250. The second-order valence-corrected chi connectivity index (χ2v) is 8.48. The van der Waals surface area contributed by atoms with E-state index in [4.69, 9.17) is 4.74 Å². The summed E-state index contributed by atoms with van der Waals surface area (Å²) in [7, 11) is -2.22. The summed E-state index contributed by atoms with van der Waals surface area (Å²) in [6.07, 6.45) is 3.11. The van der Waals surface area contributed by atoms with Crippen molar-refractivity contribution in [1.29, 1.82) is 0 Å². The fourth-order valence-electron chi connectivity index (χ4n) is 2.40. The van der Waals surface area contributed by atoms with Gasteiger partial charge in [0.15, 0.2) is 0 Å². The van der Waals surface area contributed by atoms with E-state index in [0.29, 0.717) is 22.9 Å². The third-order valence-corrected chi connectivity index (χ3v) is 5.60. The Balaban J connectivity index is 2.11. The number of anilines is 2. The maximum Gasteiger partial charge on any atom is 0.240 e. The number of hydrogen-bond donors (Lipinski definition) is 3. The van der Waals surface area contributed by atoms with Gasteiger partial charge in [-0.25, -0.2) is 23.1 Å². The van der Waals surface area contributed by atoms with Gasteiger partial charge in [0.05, 0.1) is 22.1 Å². The number of halogens is 1. The minimum atomic E-state index is -3.59. The average Bonchev–Trinajstić information content (AvgIpc) is 2.98. The van der Waals surface area contributed by atoms with Crippen LogP contribution in [0.4, 0.5) is 11.5 Å². The van der Waals surface area contributed by atoms with E-state index in [2.05, 4.69) is 40.9 Å². The van der Waals surface area contributed by atoms with Crippen molar-refractivity contribution in [3.05, 3.63) is 35.2 Å². The summed E-state index contributed by atoms with van der Waals surface area (Å²) in [5.74, 6) is 1.05. The molecule has 0 saturated heterocycles. The molecule has 8 nitrogen and oxygen atoms in total. The Bertz CT molecular complexity index is 1050. The number of aromatic nitrogens is 3. The highest BCUT2D eigenvalue weighted by Gasteiger charge is 2.17. The molecule has 0 saturated carbocycles. The molecule has 3 aromatic rings. The van der Waals surface area contributed by atoms with Gasteiger partial charge in [-0.1, -0.05) is 0 Å². The second-order valence-electron chi connectivity index (χ2n) is 5.74. The molecule has 0 atom stereocenters. The van der Waals surface area contributed by atoms with Crippen LogP contribution in [-0.4, -0.2) is 36.5 Å². The molecule has 138 valence electrons. The van der Waals surface area contributed by atoms with Gasteiger partial charge in [0.25, 0.3) is 0 Å². The van der Waals surface area contributed by atoms with Gasteiger partial charge >= 0.3 is 0 Å². The topological polar surface area (TPSA) is 109 Å². The minimum Gasteiger partial charge on any atom is -0.489 e. The molecule has 3 rings (SSSR count). The Morgan fingerprint density at radius 1 is 1.27 bits per heavy atom. The summed E-state index contributed by atoms with van der Waals surface area (Å²) in [5, 5.41) is 3.92. The third-order valence-electron chi connectivity index (χ3n) is 3.57. The highest BCUT2D eigenvalue weighted by atomic mass is 79.9. The molecular formula is C16H18BrN5O3S. The number of aromatic amines is 1. The Morgan fingerprint density at radius 2 is 2.04 bits per heavy atom. The number of hydrogen-bond acceptors (Lipinski definition) is 6. The number of H-pyrrole nitrogens is 1. The number of sulfonamides is 1. The zero-order chi connectivity index (χ0) is 18.9. The maximum absolute atomic E-state index is 12.1. The lowest BCUT2D eigenvalue weighted by atomic mass is 10.2. The summed E-state index contributed by atoms with van der Waals surface area (Å²) < 4.78 is 33.2. The quantitative estimate of drug-likeness (QED) is 0.544. The van der Waals surface area contributed by atoms with Crippen LogP contribution in [0.1, 0.15) is 13.8 Å². The van der Waals surface area contributed by atoms with Crippen molar-refractivity contribution in [1.82, 2.24) is 19.7 Å². The molecule has 3 N–H and O–H groups in total. The standard InChI is InChI=1S/C16H18BrN5O3S/c1-9(2)25-13-5-4-10(26(23,24)18-3)6-12(13)22-16-14-11(17)7-19-15(14)20-8-21-16/h4-9,18H,1-3H3,(H2,19,20,21,22). The predicted molar refractivity (Wildman–Crippen MR) is 103 cm³/mol. The van der Waals surface area contributed by atoms with E-state index >= 15 is 0 Å². The first-order valence-corrected chi connectivity index (χ1v) is 10.1. The second kappa shape index (κ2) is 7.22. The first kappa shape index (κ1) is 18.6. The van der Waals surface area contributed by atoms with Gasteiger partial charge in [-0.2, -0.15) is 0 Å². The van der Waals surface area contributed by atoms with Crippen molar-refractivity contribution >= 4 is 48.5 Å². The van der Waals surface area contributed by atoms with E-state index in [0.717, 1.165) is 9.86 Å². The molecule has 2 heterocycles. The Labute approximate surface area is 159 Å². The summed E-state index contributed by atoms with van der Waals surface area (Å²) >= 11 is 3.46. The number of ether oxygens (including phenoxy) is 1. The molecule has 2 aromatic heterocycles. The molecule has 0 bridgehead atoms. The van der Waals surface area contributed by atoms with E-state index in [1.165, 1.54) is 25.5 Å². The lowest BCUT2D eigenvalue weighted by Gasteiger charge is -2.17. The maximum atomic E-state index is 12.1. The zero-order valence-corrected chi connectivity index (χ0v) is 16.8. The Kier molecular flexibility index (Phi) is 5.17. The van der Waals surface area contributed by atoms with Crippen LogP contribution in [0.2, 0.25) is 0 Å². The summed E-state index contributed by atoms with van der Waals surface area (Å²) in [6, 6.07) is 4.63. The highest BCUT2D eigenvalue weighted by molar-refractivity contribution is 9.10. The molecule has 26 heavy (non-hydrogen) atoms. The van der Waals surface area contributed by atoms with Gasteiger partial charge < -0.3 is 15.0 Å². The first-order chi connectivity index (χ1) is 12.3. The average molecular weight is 440 g/mol. The van der Waals surface area contributed by atoms with Crippen LogP contribution in [-0.2, 0) is 10.0 Å². The van der Waals surface area contributed by atoms with E-state index in [1.807, 2.05) is 13.8 Å². The van der Waals surface area contributed by atoms with Crippen LogP contribution < -0.4 is 14.8 Å². The molecule has 0 aliphatic heterocycles. The molecule has 10 heteroatoms. The number of rotatable bonds is 6. The summed E-state index contributed by atoms with van der Waals surface area (Å²) in [4.78, 5) is 11.6. The van der Waals surface area contributed by atoms with Crippen molar-refractivity contribution in [3.8, 4) is 5.75 Å². The van der Waals surface area contributed by atoms with Crippen molar-refractivity contribution < 1.29 is 13.2 Å². The Hall–Kier alpha value is -2.17. The van der Waals surface area contributed by atoms with E-state index in [-0.39, 0.29) is 11.0 Å². The van der Waals surface area contributed by atoms with Gasteiger partial charge in [0.1, 0.15) is 23.5 Å². The predicted octanol–water partition coefficient (Wildman–Crippen LogP) is 3.16. The smallest absolute Gasteiger partial charge is 0.240 e. The van der Waals surface area contributed by atoms with Crippen molar-refractivity contribution in [2.24, 2.45) is 0 Å². The van der Waals surface area contributed by atoms with Gasteiger partial charge in [0.2, 0.25) is 10.0 Å². The minimum absolute atomic E-state index is 0.0771. The zero-order valence-electron chi connectivity index (χ0n) is 14.4.